The van der Waals surface area contributed by atoms with E-state index in [4.69, 9.17) is 11.5 Å². The summed E-state index contributed by atoms with van der Waals surface area (Å²) in [7, 11) is 0. The van der Waals surface area contributed by atoms with E-state index in [-0.39, 0.29) is 11.3 Å². The Bertz CT molecular complexity index is 576. The molecule has 1 aliphatic rings. The van der Waals surface area contributed by atoms with Crippen molar-refractivity contribution in [3.63, 3.8) is 0 Å². The maximum atomic E-state index is 13.8. The molecule has 0 aromatic heterocycles. The zero-order valence-corrected chi connectivity index (χ0v) is 12.0. The van der Waals surface area contributed by atoms with Crippen molar-refractivity contribution in [3.8, 4) is 0 Å². The molecule has 1 aromatic rings. The van der Waals surface area contributed by atoms with E-state index in [2.05, 4.69) is 5.32 Å². The van der Waals surface area contributed by atoms with Crippen LogP contribution in [0.3, 0.4) is 0 Å². The predicted molar refractivity (Wildman–Crippen MR) is 78.1 cm³/mol. The third-order valence-electron chi connectivity index (χ3n) is 3.98. The minimum absolute atomic E-state index is 0.0700. The average molecular weight is 293 g/mol. The number of nitrogens with one attached hydrogen (secondary N) is 1. The van der Waals surface area contributed by atoms with Gasteiger partial charge in [-0.05, 0) is 37.0 Å². The van der Waals surface area contributed by atoms with Gasteiger partial charge >= 0.3 is 0 Å². The number of carbonyl (C=O) groups excluding carboxylic acids is 2. The van der Waals surface area contributed by atoms with Crippen molar-refractivity contribution in [1.82, 2.24) is 0 Å². The van der Waals surface area contributed by atoms with E-state index in [9.17, 15) is 14.0 Å². The van der Waals surface area contributed by atoms with Crippen molar-refractivity contribution in [2.75, 3.05) is 5.32 Å². The van der Waals surface area contributed by atoms with Crippen LogP contribution in [0.25, 0.3) is 0 Å². The third kappa shape index (κ3) is 3.39. The lowest BCUT2D eigenvalue weighted by Gasteiger charge is -2.35. The monoisotopic (exact) mass is 293 g/mol. The van der Waals surface area contributed by atoms with Crippen LogP contribution >= 0.6 is 0 Å². The molecule has 0 radical (unpaired) electrons. The number of hydrogen-bond acceptors (Lipinski definition) is 3. The molecule has 1 aliphatic carbocycles. The highest BCUT2D eigenvalue weighted by Gasteiger charge is 2.38. The van der Waals surface area contributed by atoms with Gasteiger partial charge in [-0.2, -0.15) is 0 Å². The molecule has 0 bridgehead atoms. The van der Waals surface area contributed by atoms with Gasteiger partial charge in [0.1, 0.15) is 5.82 Å². The molecule has 2 atom stereocenters. The zero-order chi connectivity index (χ0) is 15.6. The molecular weight excluding hydrogens is 273 g/mol. The van der Waals surface area contributed by atoms with Crippen LogP contribution in [0.4, 0.5) is 10.1 Å². The van der Waals surface area contributed by atoms with Gasteiger partial charge in [0.15, 0.2) is 0 Å². The highest BCUT2D eigenvalue weighted by atomic mass is 19.1. The van der Waals surface area contributed by atoms with Crippen molar-refractivity contribution < 1.29 is 14.0 Å². The van der Waals surface area contributed by atoms with E-state index in [1.165, 1.54) is 12.1 Å². The number of carbonyl (C=O) groups is 2. The molecule has 0 aliphatic heterocycles. The van der Waals surface area contributed by atoms with Crippen molar-refractivity contribution >= 4 is 17.5 Å². The van der Waals surface area contributed by atoms with E-state index in [1.54, 1.807) is 0 Å². The van der Waals surface area contributed by atoms with E-state index < -0.39 is 23.2 Å². The molecule has 2 amide bonds. The number of rotatable bonds is 3. The molecule has 2 unspecified atom stereocenters. The molecule has 2 rings (SSSR count). The highest BCUT2D eigenvalue weighted by molar-refractivity contribution is 6.00. The van der Waals surface area contributed by atoms with Crippen LogP contribution < -0.4 is 16.8 Å². The molecule has 0 heterocycles. The maximum Gasteiger partial charge on any atom is 0.248 e. The summed E-state index contributed by atoms with van der Waals surface area (Å²) in [5.74, 6) is -1.37. The standard InChI is InChI=1S/C15H20FN3O2/c1-9-3-2-6-15(18,8-9)14(21)19-12-7-10(13(17)20)4-5-11(12)16/h4-5,7,9H,2-3,6,8,18H2,1H3,(H2,17,20)(H,19,21). The number of primary amides is 1. The van der Waals surface area contributed by atoms with Gasteiger partial charge in [0.25, 0.3) is 0 Å². The quantitative estimate of drug-likeness (QED) is 0.792. The molecule has 5 N–H and O–H groups in total. The fourth-order valence-electron chi connectivity index (χ4n) is 2.82. The second kappa shape index (κ2) is 5.81. The van der Waals surface area contributed by atoms with E-state index in [0.717, 1.165) is 18.9 Å². The first kappa shape index (κ1) is 15.4. The minimum Gasteiger partial charge on any atom is -0.366 e. The second-order valence-corrected chi connectivity index (χ2v) is 5.87. The van der Waals surface area contributed by atoms with Crippen LogP contribution in [0, 0.1) is 11.7 Å². The lowest BCUT2D eigenvalue weighted by Crippen LogP contribution is -2.53. The number of anilines is 1. The molecule has 114 valence electrons. The smallest absolute Gasteiger partial charge is 0.248 e. The normalized spacial score (nSPS) is 25.4. The van der Waals surface area contributed by atoms with Crippen LogP contribution in [-0.2, 0) is 4.79 Å². The van der Waals surface area contributed by atoms with Gasteiger partial charge in [-0.3, -0.25) is 9.59 Å². The molecule has 1 aromatic carbocycles. The van der Waals surface area contributed by atoms with Gasteiger partial charge in [-0.1, -0.05) is 19.8 Å². The van der Waals surface area contributed by atoms with Crippen LogP contribution in [0.2, 0.25) is 0 Å². The Morgan fingerprint density at radius 2 is 2.14 bits per heavy atom. The Morgan fingerprint density at radius 3 is 2.76 bits per heavy atom. The van der Waals surface area contributed by atoms with Gasteiger partial charge in [0.05, 0.1) is 11.2 Å². The topological polar surface area (TPSA) is 98.2 Å². The average Bonchev–Trinajstić information content (AvgIpc) is 2.40. The number of nitrogens with two attached hydrogens (primary N) is 2. The van der Waals surface area contributed by atoms with E-state index in [1.807, 2.05) is 6.92 Å². The number of hydrogen-bond donors (Lipinski definition) is 3. The summed E-state index contributed by atoms with van der Waals surface area (Å²) in [6, 6.07) is 3.60. The summed E-state index contributed by atoms with van der Waals surface area (Å²) in [5, 5.41) is 2.49. The third-order valence-corrected chi connectivity index (χ3v) is 3.98. The van der Waals surface area contributed by atoms with E-state index >= 15 is 0 Å². The molecule has 0 saturated heterocycles. The van der Waals surface area contributed by atoms with Gasteiger partial charge < -0.3 is 16.8 Å². The second-order valence-electron chi connectivity index (χ2n) is 5.87. The van der Waals surface area contributed by atoms with Gasteiger partial charge in [-0.15, -0.1) is 0 Å². The zero-order valence-electron chi connectivity index (χ0n) is 12.0. The predicted octanol–water partition coefficient (Wildman–Crippen LogP) is 1.77. The molecule has 1 fully saturated rings. The van der Waals surface area contributed by atoms with Crippen molar-refractivity contribution in [2.24, 2.45) is 17.4 Å². The summed E-state index contributed by atoms with van der Waals surface area (Å²) < 4.78 is 13.8. The lowest BCUT2D eigenvalue weighted by molar-refractivity contribution is -0.122. The van der Waals surface area contributed by atoms with Crippen molar-refractivity contribution in [1.29, 1.82) is 0 Å². The minimum atomic E-state index is -0.993. The first-order valence-electron chi connectivity index (χ1n) is 7.01. The van der Waals surface area contributed by atoms with Crippen LogP contribution in [-0.4, -0.2) is 17.4 Å². The fraction of sp³-hybridized carbons (Fsp3) is 0.467. The summed E-state index contributed by atoms with van der Waals surface area (Å²) in [6.07, 6.45) is 3.04. The lowest BCUT2D eigenvalue weighted by atomic mass is 9.76. The first-order valence-corrected chi connectivity index (χ1v) is 7.01. The summed E-state index contributed by atoms with van der Waals surface area (Å²) in [4.78, 5) is 23.5. The van der Waals surface area contributed by atoms with Crippen LogP contribution in [0.5, 0.6) is 0 Å². The fourth-order valence-corrected chi connectivity index (χ4v) is 2.82. The Kier molecular flexibility index (Phi) is 4.27. The Labute approximate surface area is 122 Å². The van der Waals surface area contributed by atoms with Crippen molar-refractivity contribution in [3.05, 3.63) is 29.6 Å². The first-order chi connectivity index (χ1) is 9.82. The van der Waals surface area contributed by atoms with Crippen molar-refractivity contribution in [2.45, 2.75) is 38.1 Å². The molecule has 5 nitrogen and oxygen atoms in total. The number of benzene rings is 1. The largest absolute Gasteiger partial charge is 0.366 e. The molecule has 0 spiro atoms. The van der Waals surface area contributed by atoms with Crippen LogP contribution in [0.15, 0.2) is 18.2 Å². The maximum absolute atomic E-state index is 13.8. The number of amides is 2. The Balaban J connectivity index is 2.19. The molecular formula is C15H20FN3O2. The molecule has 6 heteroatoms. The molecule has 1 saturated carbocycles. The van der Waals surface area contributed by atoms with Crippen LogP contribution in [0.1, 0.15) is 43.0 Å². The summed E-state index contributed by atoms with van der Waals surface area (Å²) in [6.45, 7) is 2.04. The molecule has 21 heavy (non-hydrogen) atoms. The number of halogens is 1. The van der Waals surface area contributed by atoms with Gasteiger partial charge in [-0.25, -0.2) is 4.39 Å². The van der Waals surface area contributed by atoms with E-state index in [0.29, 0.717) is 18.8 Å². The summed E-state index contributed by atoms with van der Waals surface area (Å²) >= 11 is 0. The Morgan fingerprint density at radius 1 is 1.43 bits per heavy atom. The summed E-state index contributed by atoms with van der Waals surface area (Å²) in [5.41, 5.74) is 10.4. The van der Waals surface area contributed by atoms with Gasteiger partial charge in [0.2, 0.25) is 11.8 Å². The SMILES string of the molecule is CC1CCCC(N)(C(=O)Nc2cc(C(N)=O)ccc2F)C1. The highest BCUT2D eigenvalue weighted by Crippen LogP contribution is 2.31. The Hall–Kier alpha value is -1.95. The van der Waals surface area contributed by atoms with Gasteiger partial charge in [0, 0.05) is 5.56 Å².